The Hall–Kier alpha value is -2.53. The number of aryl methyl sites for hydroxylation is 1. The Morgan fingerprint density at radius 3 is 2.40 bits per heavy atom. The normalized spacial score (nSPS) is 11.4. The zero-order valence-corrected chi connectivity index (χ0v) is 15.6. The van der Waals surface area contributed by atoms with E-state index in [2.05, 4.69) is 48.2 Å². The molecule has 0 aliphatic rings. The van der Waals surface area contributed by atoms with Crippen LogP contribution in [0.2, 0.25) is 0 Å². The minimum absolute atomic E-state index is 0.0917. The first-order chi connectivity index (χ1) is 11.8. The summed E-state index contributed by atoms with van der Waals surface area (Å²) in [4.78, 5) is 22.0. The predicted octanol–water partition coefficient (Wildman–Crippen LogP) is 5.06. The smallest absolute Gasteiger partial charge is 0.267 e. The molecule has 0 bridgehead atoms. The van der Waals surface area contributed by atoms with Crippen molar-refractivity contribution in [3.8, 4) is 10.7 Å². The van der Waals surface area contributed by atoms with E-state index in [0.717, 1.165) is 22.1 Å². The lowest BCUT2D eigenvalue weighted by molar-refractivity contribution is 0.103. The number of nitrogens with one attached hydrogen (secondary N) is 1. The molecule has 0 radical (unpaired) electrons. The van der Waals surface area contributed by atoms with Gasteiger partial charge in [0.25, 0.3) is 5.91 Å². The van der Waals surface area contributed by atoms with Gasteiger partial charge in [0, 0.05) is 11.9 Å². The lowest BCUT2D eigenvalue weighted by Gasteiger charge is -2.19. The monoisotopic (exact) mass is 351 g/mol. The van der Waals surface area contributed by atoms with E-state index in [1.54, 1.807) is 6.20 Å². The van der Waals surface area contributed by atoms with Crippen LogP contribution in [0.25, 0.3) is 10.7 Å². The molecule has 2 aromatic heterocycles. The number of thiazole rings is 1. The molecule has 3 aromatic rings. The first-order valence-electron chi connectivity index (χ1n) is 8.15. The van der Waals surface area contributed by atoms with Gasteiger partial charge in [0.15, 0.2) is 0 Å². The summed E-state index contributed by atoms with van der Waals surface area (Å²) >= 11 is 1.36. The van der Waals surface area contributed by atoms with Gasteiger partial charge in [-0.3, -0.25) is 9.78 Å². The van der Waals surface area contributed by atoms with Crippen LogP contribution in [0.5, 0.6) is 0 Å². The first-order valence-corrected chi connectivity index (χ1v) is 8.97. The van der Waals surface area contributed by atoms with Gasteiger partial charge in [0.1, 0.15) is 9.88 Å². The van der Waals surface area contributed by atoms with Crippen LogP contribution in [-0.2, 0) is 5.41 Å². The summed E-state index contributed by atoms with van der Waals surface area (Å²) in [6, 6.07) is 13.6. The molecule has 0 aliphatic heterocycles. The maximum Gasteiger partial charge on any atom is 0.267 e. The molecule has 2 heterocycles. The van der Waals surface area contributed by atoms with Gasteiger partial charge in [-0.15, -0.1) is 11.3 Å². The fraction of sp³-hybridized carbons (Fsp3) is 0.250. The Morgan fingerprint density at radius 2 is 1.80 bits per heavy atom. The zero-order chi connectivity index (χ0) is 18.0. The van der Waals surface area contributed by atoms with Gasteiger partial charge in [-0.25, -0.2) is 4.98 Å². The predicted molar refractivity (Wildman–Crippen MR) is 103 cm³/mol. The van der Waals surface area contributed by atoms with Crippen molar-refractivity contribution in [2.45, 2.75) is 33.1 Å². The van der Waals surface area contributed by atoms with Crippen molar-refractivity contribution >= 4 is 22.9 Å². The lowest BCUT2D eigenvalue weighted by atomic mass is 9.87. The molecule has 0 spiro atoms. The molecule has 4 nitrogen and oxygen atoms in total. The summed E-state index contributed by atoms with van der Waals surface area (Å²) in [6.45, 7) is 8.35. The average Bonchev–Trinajstić information content (AvgIpc) is 2.97. The molecule has 0 unspecified atom stereocenters. The minimum Gasteiger partial charge on any atom is -0.321 e. The molecule has 0 saturated carbocycles. The molecular weight excluding hydrogens is 330 g/mol. The second-order valence-electron chi connectivity index (χ2n) is 6.93. The maximum atomic E-state index is 12.6. The molecule has 0 atom stereocenters. The number of nitrogens with zero attached hydrogens (tertiary/aromatic N) is 2. The van der Waals surface area contributed by atoms with Gasteiger partial charge in [-0.1, -0.05) is 39.0 Å². The van der Waals surface area contributed by atoms with Crippen LogP contribution < -0.4 is 5.32 Å². The maximum absolute atomic E-state index is 12.6. The van der Waals surface area contributed by atoms with Gasteiger partial charge in [0.05, 0.1) is 11.4 Å². The Balaban J connectivity index is 1.79. The average molecular weight is 351 g/mol. The highest BCUT2D eigenvalue weighted by atomic mass is 32.1. The third kappa shape index (κ3) is 3.94. The first kappa shape index (κ1) is 17.3. The largest absolute Gasteiger partial charge is 0.321 e. The zero-order valence-electron chi connectivity index (χ0n) is 14.8. The number of pyridine rings is 1. The van der Waals surface area contributed by atoms with E-state index in [0.29, 0.717) is 4.88 Å². The number of benzene rings is 1. The molecule has 5 heteroatoms. The summed E-state index contributed by atoms with van der Waals surface area (Å²) in [7, 11) is 0. The van der Waals surface area contributed by atoms with Crippen LogP contribution in [0.3, 0.4) is 0 Å². The second-order valence-corrected chi connectivity index (χ2v) is 7.93. The number of rotatable bonds is 3. The molecule has 0 saturated heterocycles. The van der Waals surface area contributed by atoms with E-state index >= 15 is 0 Å². The Morgan fingerprint density at radius 1 is 1.08 bits per heavy atom. The summed E-state index contributed by atoms with van der Waals surface area (Å²) in [5, 5.41) is 3.71. The fourth-order valence-corrected chi connectivity index (χ4v) is 3.39. The van der Waals surface area contributed by atoms with E-state index in [-0.39, 0.29) is 11.3 Å². The highest BCUT2D eigenvalue weighted by Gasteiger charge is 2.18. The Labute approximate surface area is 152 Å². The van der Waals surface area contributed by atoms with Crippen LogP contribution in [0.4, 0.5) is 5.69 Å². The number of amides is 1. The molecular formula is C20H21N3OS. The Kier molecular flexibility index (Phi) is 4.68. The minimum atomic E-state index is -0.138. The molecule has 1 amide bonds. The second kappa shape index (κ2) is 6.76. The van der Waals surface area contributed by atoms with Crippen molar-refractivity contribution < 1.29 is 4.79 Å². The quantitative estimate of drug-likeness (QED) is 0.717. The van der Waals surface area contributed by atoms with E-state index in [4.69, 9.17) is 0 Å². The SMILES string of the molecule is Cc1nc(-c2ccccn2)sc1C(=O)Nc1ccc(C(C)(C)C)cc1. The van der Waals surface area contributed by atoms with E-state index < -0.39 is 0 Å². The highest BCUT2D eigenvalue weighted by Crippen LogP contribution is 2.28. The van der Waals surface area contributed by atoms with Crippen molar-refractivity contribution in [3.05, 3.63) is 64.8 Å². The molecule has 0 fully saturated rings. The van der Waals surface area contributed by atoms with Gasteiger partial charge in [0.2, 0.25) is 0 Å². The lowest BCUT2D eigenvalue weighted by Crippen LogP contribution is -2.13. The van der Waals surface area contributed by atoms with Gasteiger partial charge in [-0.2, -0.15) is 0 Å². The number of aromatic nitrogens is 2. The van der Waals surface area contributed by atoms with Crippen LogP contribution in [-0.4, -0.2) is 15.9 Å². The molecule has 0 aliphatic carbocycles. The van der Waals surface area contributed by atoms with Crippen LogP contribution in [0, 0.1) is 6.92 Å². The standard InChI is InChI=1S/C20H21N3OS/c1-13-17(25-19(22-13)16-7-5-6-12-21-16)18(24)23-15-10-8-14(9-11-15)20(2,3)4/h5-12H,1-4H3,(H,23,24). The Bertz CT molecular complexity index is 878. The molecule has 1 aromatic carbocycles. The van der Waals surface area contributed by atoms with E-state index in [1.807, 2.05) is 37.3 Å². The molecule has 1 N–H and O–H groups in total. The third-order valence-corrected chi connectivity index (χ3v) is 5.07. The number of carbonyl (C=O) groups is 1. The number of carbonyl (C=O) groups excluding carboxylic acids is 1. The van der Waals surface area contributed by atoms with Crippen molar-refractivity contribution in [1.82, 2.24) is 9.97 Å². The fourth-order valence-electron chi connectivity index (χ4n) is 2.45. The van der Waals surface area contributed by atoms with Gasteiger partial charge >= 0.3 is 0 Å². The molecule has 128 valence electrons. The van der Waals surface area contributed by atoms with Crippen molar-refractivity contribution in [1.29, 1.82) is 0 Å². The van der Waals surface area contributed by atoms with Crippen molar-refractivity contribution in [2.24, 2.45) is 0 Å². The summed E-state index contributed by atoms with van der Waals surface area (Å²) in [6.07, 6.45) is 1.72. The highest BCUT2D eigenvalue weighted by molar-refractivity contribution is 7.17. The van der Waals surface area contributed by atoms with E-state index in [1.165, 1.54) is 16.9 Å². The third-order valence-electron chi connectivity index (χ3n) is 3.90. The van der Waals surface area contributed by atoms with Gasteiger partial charge in [-0.05, 0) is 42.2 Å². The molecule has 25 heavy (non-hydrogen) atoms. The number of hydrogen-bond acceptors (Lipinski definition) is 4. The summed E-state index contributed by atoms with van der Waals surface area (Å²) < 4.78 is 0. The molecule has 3 rings (SSSR count). The van der Waals surface area contributed by atoms with Gasteiger partial charge < -0.3 is 5.32 Å². The van der Waals surface area contributed by atoms with Crippen molar-refractivity contribution in [2.75, 3.05) is 5.32 Å². The summed E-state index contributed by atoms with van der Waals surface area (Å²) in [5.41, 5.74) is 3.61. The summed E-state index contributed by atoms with van der Waals surface area (Å²) in [5.74, 6) is -0.138. The van der Waals surface area contributed by atoms with Crippen LogP contribution in [0.1, 0.15) is 41.7 Å². The van der Waals surface area contributed by atoms with Crippen LogP contribution in [0.15, 0.2) is 48.7 Å². The van der Waals surface area contributed by atoms with Crippen molar-refractivity contribution in [3.63, 3.8) is 0 Å². The topological polar surface area (TPSA) is 54.9 Å². The van der Waals surface area contributed by atoms with Crippen LogP contribution >= 0.6 is 11.3 Å². The van der Waals surface area contributed by atoms with E-state index in [9.17, 15) is 4.79 Å². The number of hydrogen-bond donors (Lipinski definition) is 1. The number of anilines is 1.